The van der Waals surface area contributed by atoms with Crippen LogP contribution in [0.3, 0.4) is 0 Å². The molecule has 4 rings (SSSR count). The van der Waals surface area contributed by atoms with Gasteiger partial charge < -0.3 is 19.0 Å². The molecule has 0 radical (unpaired) electrons. The minimum Gasteiger partial charge on any atom is -0.457 e. The summed E-state index contributed by atoms with van der Waals surface area (Å²) in [5.74, 6) is 0.687. The summed E-state index contributed by atoms with van der Waals surface area (Å²) < 4.78 is 17.2. The van der Waals surface area contributed by atoms with Crippen molar-refractivity contribution in [1.82, 2.24) is 9.38 Å². The first kappa shape index (κ1) is 19.4. The highest BCUT2D eigenvalue weighted by Gasteiger charge is 2.14. The van der Waals surface area contributed by atoms with E-state index in [1.165, 1.54) is 10.5 Å². The third-order valence-corrected chi connectivity index (χ3v) is 4.42. The van der Waals surface area contributed by atoms with Crippen LogP contribution in [0.15, 0.2) is 52.5 Å². The van der Waals surface area contributed by atoms with E-state index < -0.39 is 5.97 Å². The second-order valence-electron chi connectivity index (χ2n) is 6.70. The van der Waals surface area contributed by atoms with E-state index in [2.05, 4.69) is 10.1 Å². The summed E-state index contributed by atoms with van der Waals surface area (Å²) in [5, 5.41) is 3.93. The molecular weight excluding hydrogens is 390 g/mol. The van der Waals surface area contributed by atoms with Gasteiger partial charge in [0.25, 0.3) is 5.56 Å². The topological polar surface area (TPSA) is 101 Å². The molecule has 3 aromatic rings. The fourth-order valence-electron chi connectivity index (χ4n) is 2.88. The molecule has 9 nitrogen and oxygen atoms in total. The number of rotatable bonds is 6. The van der Waals surface area contributed by atoms with Gasteiger partial charge in [0.05, 0.1) is 11.4 Å². The Morgan fingerprint density at radius 3 is 2.90 bits per heavy atom. The Morgan fingerprint density at radius 1 is 1.20 bits per heavy atom. The van der Waals surface area contributed by atoms with Crippen molar-refractivity contribution in [3.8, 4) is 11.5 Å². The zero-order chi connectivity index (χ0) is 21.1. The first-order valence-corrected chi connectivity index (χ1v) is 9.21. The number of nitrogens with zero attached hydrogens (tertiary/aromatic N) is 3. The molecule has 0 spiro atoms. The van der Waals surface area contributed by atoms with Gasteiger partial charge in [-0.2, -0.15) is 0 Å². The van der Waals surface area contributed by atoms with Crippen LogP contribution in [0.1, 0.15) is 23.7 Å². The minimum atomic E-state index is -0.622. The van der Waals surface area contributed by atoms with Gasteiger partial charge in [-0.15, -0.1) is 0 Å². The lowest BCUT2D eigenvalue weighted by Crippen LogP contribution is -2.17. The van der Waals surface area contributed by atoms with E-state index in [1.807, 2.05) is 19.1 Å². The van der Waals surface area contributed by atoms with Crippen molar-refractivity contribution >= 4 is 17.3 Å². The van der Waals surface area contributed by atoms with Gasteiger partial charge in [0.2, 0.25) is 13.4 Å². The zero-order valence-electron chi connectivity index (χ0n) is 16.5. The maximum atomic E-state index is 12.2. The zero-order valence-corrected chi connectivity index (χ0v) is 16.5. The fraction of sp³-hybridized carbons (Fsp3) is 0.238. The van der Waals surface area contributed by atoms with Crippen molar-refractivity contribution in [3.05, 3.63) is 69.8 Å². The van der Waals surface area contributed by atoms with E-state index >= 15 is 0 Å². The van der Waals surface area contributed by atoms with Crippen LogP contribution in [0.4, 0.5) is 0 Å². The Morgan fingerprint density at radius 2 is 2.03 bits per heavy atom. The van der Waals surface area contributed by atoms with E-state index in [0.717, 1.165) is 11.1 Å². The van der Waals surface area contributed by atoms with Crippen molar-refractivity contribution < 1.29 is 23.8 Å². The van der Waals surface area contributed by atoms with Crippen molar-refractivity contribution in [2.45, 2.75) is 20.5 Å². The summed E-state index contributed by atoms with van der Waals surface area (Å²) in [6.45, 7) is 3.32. The largest absolute Gasteiger partial charge is 0.457 e. The van der Waals surface area contributed by atoms with E-state index in [-0.39, 0.29) is 25.6 Å². The second kappa shape index (κ2) is 8.24. The Hall–Kier alpha value is -3.88. The summed E-state index contributed by atoms with van der Waals surface area (Å²) in [7, 11) is 0. The average Bonchev–Trinajstić information content (AvgIpc) is 3.20. The number of ether oxygens (including phenoxy) is 3. The SMILES string of the molecule is C/C(=N/OCC(=O)OCc1cc(=O)n2cc(C)ccc2n1)c1ccc2c(c1)OCO2. The molecule has 0 bridgehead atoms. The summed E-state index contributed by atoms with van der Waals surface area (Å²) in [6, 6.07) is 10.3. The first-order valence-electron chi connectivity index (χ1n) is 9.21. The summed E-state index contributed by atoms with van der Waals surface area (Å²) in [5.41, 5.74) is 2.90. The third-order valence-electron chi connectivity index (χ3n) is 4.42. The highest BCUT2D eigenvalue weighted by molar-refractivity contribution is 5.99. The van der Waals surface area contributed by atoms with E-state index in [1.54, 1.807) is 31.3 Å². The number of fused-ring (bicyclic) bond motifs is 2. The lowest BCUT2D eigenvalue weighted by molar-refractivity contribution is -0.150. The summed E-state index contributed by atoms with van der Waals surface area (Å²) in [4.78, 5) is 33.5. The van der Waals surface area contributed by atoms with Crippen LogP contribution in [0.25, 0.3) is 5.65 Å². The van der Waals surface area contributed by atoms with E-state index in [0.29, 0.717) is 28.6 Å². The molecule has 30 heavy (non-hydrogen) atoms. The second-order valence-corrected chi connectivity index (χ2v) is 6.70. The molecule has 1 aliphatic heterocycles. The highest BCUT2D eigenvalue weighted by atomic mass is 16.7. The van der Waals surface area contributed by atoms with Gasteiger partial charge in [0, 0.05) is 17.8 Å². The fourth-order valence-corrected chi connectivity index (χ4v) is 2.88. The maximum absolute atomic E-state index is 12.2. The molecule has 0 fully saturated rings. The van der Waals surface area contributed by atoms with E-state index in [9.17, 15) is 9.59 Å². The predicted molar refractivity (Wildman–Crippen MR) is 107 cm³/mol. The van der Waals surface area contributed by atoms with Crippen molar-refractivity contribution in [2.75, 3.05) is 13.4 Å². The molecule has 3 heterocycles. The van der Waals surface area contributed by atoms with Crippen LogP contribution in [0.5, 0.6) is 11.5 Å². The summed E-state index contributed by atoms with van der Waals surface area (Å²) >= 11 is 0. The molecule has 154 valence electrons. The first-order chi connectivity index (χ1) is 14.5. The van der Waals surface area contributed by atoms with Crippen molar-refractivity contribution in [1.29, 1.82) is 0 Å². The van der Waals surface area contributed by atoms with Crippen LogP contribution in [0, 0.1) is 6.92 Å². The van der Waals surface area contributed by atoms with Crippen LogP contribution in [-0.4, -0.2) is 34.5 Å². The standard InChI is InChI=1S/C21H19N3O6/c1-13-3-6-19-22-16(8-20(25)24(19)9-13)10-27-21(26)11-30-23-14(2)15-4-5-17-18(7-15)29-12-28-17/h3-9H,10-12H2,1-2H3/b23-14-. The quantitative estimate of drug-likeness (QED) is 0.350. The molecule has 0 unspecified atom stereocenters. The Kier molecular flexibility index (Phi) is 5.34. The number of aryl methyl sites for hydroxylation is 1. The Labute approximate surface area is 171 Å². The number of pyridine rings is 1. The van der Waals surface area contributed by atoms with Crippen LogP contribution in [0.2, 0.25) is 0 Å². The minimum absolute atomic E-state index is 0.132. The summed E-state index contributed by atoms with van der Waals surface area (Å²) in [6.07, 6.45) is 1.70. The van der Waals surface area contributed by atoms with Gasteiger partial charge in [0.15, 0.2) is 11.5 Å². The molecule has 0 N–H and O–H groups in total. The van der Waals surface area contributed by atoms with Crippen LogP contribution >= 0.6 is 0 Å². The van der Waals surface area contributed by atoms with E-state index in [4.69, 9.17) is 19.0 Å². The predicted octanol–water partition coefficient (Wildman–Crippen LogP) is 2.22. The van der Waals surface area contributed by atoms with Gasteiger partial charge in [-0.1, -0.05) is 11.2 Å². The highest BCUT2D eigenvalue weighted by Crippen LogP contribution is 2.32. The lowest BCUT2D eigenvalue weighted by Gasteiger charge is -2.07. The monoisotopic (exact) mass is 409 g/mol. The van der Waals surface area contributed by atoms with Crippen LogP contribution in [-0.2, 0) is 21.0 Å². The number of esters is 1. The molecule has 0 amide bonds. The lowest BCUT2D eigenvalue weighted by atomic mass is 10.1. The van der Waals surface area contributed by atoms with Gasteiger partial charge in [-0.05, 0) is 43.7 Å². The average molecular weight is 409 g/mol. The van der Waals surface area contributed by atoms with Gasteiger partial charge in [-0.25, -0.2) is 9.78 Å². The Balaban J connectivity index is 1.32. The number of aromatic nitrogens is 2. The number of carbonyl (C=O) groups excluding carboxylic acids is 1. The maximum Gasteiger partial charge on any atom is 0.347 e. The number of carbonyl (C=O) groups is 1. The number of hydrogen-bond acceptors (Lipinski definition) is 8. The molecular formula is C21H19N3O6. The molecule has 1 aliphatic rings. The molecule has 0 aliphatic carbocycles. The molecule has 0 saturated carbocycles. The molecule has 2 aromatic heterocycles. The molecule has 0 saturated heterocycles. The third kappa shape index (κ3) is 4.24. The number of hydrogen-bond donors (Lipinski definition) is 0. The molecule has 0 atom stereocenters. The molecule has 9 heteroatoms. The number of oxime groups is 1. The smallest absolute Gasteiger partial charge is 0.347 e. The van der Waals surface area contributed by atoms with Crippen LogP contribution < -0.4 is 15.0 Å². The number of benzene rings is 1. The van der Waals surface area contributed by atoms with Gasteiger partial charge in [-0.3, -0.25) is 9.20 Å². The molecule has 1 aromatic carbocycles. The Bertz CT molecular complexity index is 1200. The van der Waals surface area contributed by atoms with Crippen molar-refractivity contribution in [3.63, 3.8) is 0 Å². The van der Waals surface area contributed by atoms with Crippen molar-refractivity contribution in [2.24, 2.45) is 5.16 Å². The van der Waals surface area contributed by atoms with Gasteiger partial charge in [0.1, 0.15) is 12.3 Å². The normalized spacial score (nSPS) is 12.8. The van der Waals surface area contributed by atoms with Gasteiger partial charge >= 0.3 is 5.97 Å².